The van der Waals surface area contributed by atoms with Crippen molar-refractivity contribution < 1.29 is 19.1 Å². The molecule has 4 heterocycles. The van der Waals surface area contributed by atoms with Gasteiger partial charge in [-0.1, -0.05) is 224 Å². The average Bonchev–Trinajstić information content (AvgIpc) is 0.790. The summed E-state index contributed by atoms with van der Waals surface area (Å²) in [4.78, 5) is 43.6. The van der Waals surface area contributed by atoms with Gasteiger partial charge in [-0.3, -0.25) is 0 Å². The summed E-state index contributed by atoms with van der Waals surface area (Å²) in [5, 5.41) is 1.52. The van der Waals surface area contributed by atoms with Crippen LogP contribution >= 0.6 is 0 Å². The molecular formula is C86H58BN5O4. The highest BCUT2D eigenvalue weighted by atomic mass is 16.5. The van der Waals surface area contributed by atoms with E-state index in [4.69, 9.17) is 19.4 Å². The second kappa shape index (κ2) is 24.4. The molecule has 2 aliphatic rings. The zero-order chi connectivity index (χ0) is 64.1. The Morgan fingerprint density at radius 1 is 0.333 bits per heavy atom. The lowest BCUT2D eigenvalue weighted by atomic mass is 9.33. The molecule has 2 aromatic heterocycles. The fraction of sp³-hybridized carbons (Fsp3) is 0.0233. The number of hydrogen-bond donors (Lipinski definition) is 0. The molecule has 0 bridgehead atoms. The topological polar surface area (TPSA) is 89.8 Å². The largest absolute Gasteiger partial charge is 0.457 e. The first-order valence-corrected chi connectivity index (χ1v) is 32.3. The quantitative estimate of drug-likeness (QED) is 0.0786. The Hall–Kier alpha value is -12.7. The molecule has 0 atom stereocenters. The highest BCUT2D eigenvalue weighted by Crippen LogP contribution is 2.47. The van der Waals surface area contributed by atoms with E-state index in [1.54, 1.807) is 0 Å². The fourth-order valence-electron chi connectivity index (χ4n) is 14.0. The van der Waals surface area contributed by atoms with Gasteiger partial charge in [0, 0.05) is 67.2 Å². The second-order valence-electron chi connectivity index (χ2n) is 24.2. The van der Waals surface area contributed by atoms with Crippen LogP contribution in [0.2, 0.25) is 0 Å². The Morgan fingerprint density at radius 2 is 0.760 bits per heavy atom. The van der Waals surface area contributed by atoms with E-state index >= 15 is 0 Å². The van der Waals surface area contributed by atoms with Crippen molar-refractivity contribution in [3.63, 3.8) is 0 Å². The SMILES string of the molecule is O=C(OCc1ccccc1)c1ccc2c(c1)c1cc(C(=O)OCc3ccccc3)ccc1n2-c1ccc(-c2cc(-c3ccccc3)nc(-c3ccccc3)n2)cc1-c1ccc(-c2cc3c4c(c2)N(c2ccccc2)c2ccccc2B4c2ccccc2N3c2ccccc2)cc1. The van der Waals surface area contributed by atoms with E-state index in [-0.39, 0.29) is 19.9 Å². The molecule has 0 saturated heterocycles. The van der Waals surface area contributed by atoms with Crippen molar-refractivity contribution in [2.24, 2.45) is 0 Å². The van der Waals surface area contributed by atoms with Crippen LogP contribution in [0.5, 0.6) is 0 Å². The highest BCUT2D eigenvalue weighted by molar-refractivity contribution is 7.00. The van der Waals surface area contributed by atoms with Crippen LogP contribution < -0.4 is 26.2 Å². The summed E-state index contributed by atoms with van der Waals surface area (Å²) in [6.07, 6.45) is 0. The molecule has 0 N–H and O–H groups in total. The lowest BCUT2D eigenvalue weighted by Gasteiger charge is -2.44. The first kappa shape index (κ1) is 57.3. The Labute approximate surface area is 556 Å². The first-order chi connectivity index (χ1) is 47.4. The second-order valence-corrected chi connectivity index (χ2v) is 24.2. The van der Waals surface area contributed by atoms with E-state index < -0.39 is 11.9 Å². The van der Waals surface area contributed by atoms with Crippen molar-refractivity contribution in [2.45, 2.75) is 13.2 Å². The van der Waals surface area contributed by atoms with Gasteiger partial charge in [-0.05, 0) is 147 Å². The molecule has 9 nitrogen and oxygen atoms in total. The molecule has 0 fully saturated rings. The lowest BCUT2D eigenvalue weighted by molar-refractivity contribution is 0.0464. The maximum Gasteiger partial charge on any atom is 0.338 e. The molecular weight excluding hydrogens is 1180 g/mol. The third kappa shape index (κ3) is 10.4. The summed E-state index contributed by atoms with van der Waals surface area (Å²) < 4.78 is 14.1. The average molecular weight is 1240 g/mol. The van der Waals surface area contributed by atoms with Crippen molar-refractivity contribution >= 4 is 91.0 Å². The summed E-state index contributed by atoms with van der Waals surface area (Å²) in [5.41, 5.74) is 23.8. The van der Waals surface area contributed by atoms with Gasteiger partial charge < -0.3 is 23.8 Å². The molecule has 13 aromatic carbocycles. The van der Waals surface area contributed by atoms with Crippen LogP contribution in [0.3, 0.4) is 0 Å². The number of aromatic nitrogens is 3. The van der Waals surface area contributed by atoms with E-state index in [0.717, 1.165) is 123 Å². The first-order valence-electron chi connectivity index (χ1n) is 32.3. The number of anilines is 6. The molecule has 0 aliphatic carbocycles. The Balaban J connectivity index is 0.857. The lowest BCUT2D eigenvalue weighted by Crippen LogP contribution is -2.61. The molecule has 15 aromatic rings. The molecule has 2 aliphatic heterocycles. The van der Waals surface area contributed by atoms with Gasteiger partial charge in [-0.2, -0.15) is 0 Å². The van der Waals surface area contributed by atoms with Crippen molar-refractivity contribution in [1.82, 2.24) is 14.5 Å². The minimum absolute atomic E-state index is 0.0205. The minimum atomic E-state index is -0.460. The van der Waals surface area contributed by atoms with E-state index in [1.807, 2.05) is 146 Å². The van der Waals surface area contributed by atoms with Gasteiger partial charge in [0.1, 0.15) is 13.2 Å². The predicted molar refractivity (Wildman–Crippen MR) is 389 cm³/mol. The van der Waals surface area contributed by atoms with Gasteiger partial charge in [-0.15, -0.1) is 0 Å². The predicted octanol–water partition coefficient (Wildman–Crippen LogP) is 18.7. The molecule has 0 spiro atoms. The maximum atomic E-state index is 14.1. The number of fused-ring (bicyclic) bond motifs is 7. The fourth-order valence-corrected chi connectivity index (χ4v) is 14.0. The third-order valence-corrected chi connectivity index (χ3v) is 18.5. The summed E-state index contributed by atoms with van der Waals surface area (Å²) >= 11 is 0. The van der Waals surface area contributed by atoms with Crippen molar-refractivity contribution in [3.8, 4) is 61.8 Å². The molecule has 96 heavy (non-hydrogen) atoms. The molecule has 0 radical (unpaired) electrons. The summed E-state index contributed by atoms with van der Waals surface area (Å²) in [7, 11) is 0. The van der Waals surface area contributed by atoms with Gasteiger partial charge in [0.2, 0.25) is 0 Å². The van der Waals surface area contributed by atoms with Crippen LogP contribution in [-0.4, -0.2) is 33.2 Å². The number of ether oxygens (including phenoxy) is 2. The Bertz CT molecular complexity index is 5180. The zero-order valence-corrected chi connectivity index (χ0v) is 52.0. The number of rotatable bonds is 14. The molecule has 454 valence electrons. The van der Waals surface area contributed by atoms with E-state index in [0.29, 0.717) is 17.0 Å². The summed E-state index contributed by atoms with van der Waals surface area (Å²) in [6.45, 7) is 0.215. The standard InChI is InChI=1S/C86H58BN5O4/c93-85(95-55-57-23-7-1-8-24-57)64-44-47-77-70(50-64)71-51-65(86(94)96-56-58-25-9-2-10-26-58)45-48-78(71)92(77)76-46-43-63(75-54-74(61-27-11-3-12-28-61)88-84(89-75)62-29-13-4-14-30-62)49-69(76)60-41-39-59(40-42-60)66-52-81-83-82(53-66)91(68-33-17-6-18-34-68)80-38-22-20-36-73(80)87(83)72-35-19-21-37-79(72)90(81)67-31-15-5-16-32-67/h1-54H,55-56H2. The number of carbonyl (C=O) groups is 2. The summed E-state index contributed by atoms with van der Waals surface area (Å²) in [6, 6.07) is 112. The number of carbonyl (C=O) groups excluding carboxylic acids is 2. The number of benzene rings is 13. The number of esters is 2. The van der Waals surface area contributed by atoms with Crippen LogP contribution in [0.1, 0.15) is 31.8 Å². The van der Waals surface area contributed by atoms with E-state index in [9.17, 15) is 9.59 Å². The smallest absolute Gasteiger partial charge is 0.338 e. The van der Waals surface area contributed by atoms with Crippen LogP contribution in [0.4, 0.5) is 34.1 Å². The van der Waals surface area contributed by atoms with Gasteiger partial charge in [0.15, 0.2) is 5.82 Å². The molecule has 17 rings (SSSR count). The van der Waals surface area contributed by atoms with Crippen LogP contribution in [-0.2, 0) is 22.7 Å². The van der Waals surface area contributed by atoms with Crippen molar-refractivity contribution in [2.75, 3.05) is 9.80 Å². The Morgan fingerprint density at radius 3 is 1.27 bits per heavy atom. The zero-order valence-electron chi connectivity index (χ0n) is 52.0. The summed E-state index contributed by atoms with van der Waals surface area (Å²) in [5.74, 6) is -0.310. The van der Waals surface area contributed by atoms with Crippen molar-refractivity contribution in [1.29, 1.82) is 0 Å². The van der Waals surface area contributed by atoms with Gasteiger partial charge in [0.25, 0.3) is 6.71 Å². The normalized spacial score (nSPS) is 12.1. The minimum Gasteiger partial charge on any atom is -0.457 e. The number of nitrogens with zero attached hydrogens (tertiary/aromatic N) is 5. The monoisotopic (exact) mass is 1240 g/mol. The number of hydrogen-bond acceptors (Lipinski definition) is 8. The Kier molecular flexibility index (Phi) is 14.6. The van der Waals surface area contributed by atoms with E-state index in [1.165, 1.54) is 16.4 Å². The molecule has 0 saturated carbocycles. The molecule has 0 unspecified atom stereocenters. The van der Waals surface area contributed by atoms with Crippen LogP contribution in [0.25, 0.3) is 83.6 Å². The maximum absolute atomic E-state index is 14.1. The third-order valence-electron chi connectivity index (χ3n) is 18.5. The van der Waals surface area contributed by atoms with Crippen LogP contribution in [0.15, 0.2) is 328 Å². The van der Waals surface area contributed by atoms with Gasteiger partial charge in [-0.25, -0.2) is 19.6 Å². The van der Waals surface area contributed by atoms with Crippen LogP contribution in [0, 0.1) is 0 Å². The van der Waals surface area contributed by atoms with Gasteiger partial charge in [0.05, 0.1) is 39.2 Å². The van der Waals surface area contributed by atoms with E-state index in [2.05, 4.69) is 196 Å². The number of para-hydroxylation sites is 4. The molecule has 0 amide bonds. The van der Waals surface area contributed by atoms with Gasteiger partial charge >= 0.3 is 11.9 Å². The van der Waals surface area contributed by atoms with Crippen molar-refractivity contribution in [3.05, 3.63) is 350 Å². The molecule has 10 heteroatoms. The highest BCUT2D eigenvalue weighted by Gasteiger charge is 2.43.